The van der Waals surface area contributed by atoms with Crippen LogP contribution >= 0.6 is 0 Å². The third-order valence-corrected chi connectivity index (χ3v) is 9.39. The molecule has 1 saturated heterocycles. The smallest absolute Gasteiger partial charge is 0.302 e. The number of hydrogen-bond donors (Lipinski definition) is 0. The summed E-state index contributed by atoms with van der Waals surface area (Å²) in [5.74, 6) is 3.92. The number of likely N-dealkylation sites (tertiary alicyclic amines) is 1. The molecule has 0 N–H and O–H groups in total. The van der Waals surface area contributed by atoms with E-state index in [1.165, 1.54) is 49.7 Å². The van der Waals surface area contributed by atoms with E-state index in [1.807, 2.05) is 0 Å². The Hall–Kier alpha value is -2.04. The maximum Gasteiger partial charge on any atom is 0.302 e. The third kappa shape index (κ3) is 3.18. The number of fused-ring (bicyclic) bond motifs is 7. The number of piperidine rings is 1. The Labute approximate surface area is 191 Å². The molecule has 0 radical (unpaired) electrons. The molecule has 1 aromatic rings. The van der Waals surface area contributed by atoms with Crippen LogP contribution in [-0.4, -0.2) is 42.5 Å². The molecule has 5 nitrogen and oxygen atoms in total. The average molecular weight is 437 g/mol. The molecule has 2 heterocycles. The molecule has 5 heteroatoms. The first-order chi connectivity index (χ1) is 15.5. The molecule has 3 aliphatic carbocycles. The van der Waals surface area contributed by atoms with Crippen LogP contribution in [-0.2, 0) is 16.0 Å². The summed E-state index contributed by atoms with van der Waals surface area (Å²) in [5, 5.41) is 0. The summed E-state index contributed by atoms with van der Waals surface area (Å²) in [6.07, 6.45) is 10.8. The monoisotopic (exact) mass is 436 g/mol. The van der Waals surface area contributed by atoms with Gasteiger partial charge in [-0.15, -0.1) is 0 Å². The van der Waals surface area contributed by atoms with Crippen molar-refractivity contribution >= 4 is 17.5 Å². The average Bonchev–Trinajstić information content (AvgIpc) is 3.14. The van der Waals surface area contributed by atoms with Crippen LogP contribution in [0.5, 0.6) is 5.75 Å². The predicted molar refractivity (Wildman–Crippen MR) is 125 cm³/mol. The molecule has 0 aromatic heterocycles. The highest BCUT2D eigenvalue weighted by atomic mass is 16.5. The lowest BCUT2D eigenvalue weighted by Crippen LogP contribution is -2.45. The van der Waals surface area contributed by atoms with Gasteiger partial charge in [0.25, 0.3) is 0 Å². The second-order valence-electron chi connectivity index (χ2n) is 11.0. The molecule has 2 saturated carbocycles. The van der Waals surface area contributed by atoms with Crippen LogP contribution in [0.4, 0.5) is 5.69 Å². The molecular weight excluding hydrogens is 400 g/mol. The summed E-state index contributed by atoms with van der Waals surface area (Å²) in [5.41, 5.74) is 4.22. The van der Waals surface area contributed by atoms with Gasteiger partial charge in [-0.2, -0.15) is 0 Å². The minimum absolute atomic E-state index is 0.0981. The van der Waals surface area contributed by atoms with E-state index in [0.29, 0.717) is 24.4 Å². The Morgan fingerprint density at radius 3 is 2.81 bits per heavy atom. The van der Waals surface area contributed by atoms with E-state index in [4.69, 9.17) is 14.5 Å². The lowest BCUT2D eigenvalue weighted by atomic mass is 9.55. The zero-order valence-electron chi connectivity index (χ0n) is 19.6. The maximum absolute atomic E-state index is 11.7. The Balaban J connectivity index is 1.30. The number of nitrogens with zero attached hydrogens (tertiary/aromatic N) is 2. The van der Waals surface area contributed by atoms with Gasteiger partial charge in [0.15, 0.2) is 0 Å². The number of hydrogen-bond acceptors (Lipinski definition) is 5. The fraction of sp³-hybridized carbons (Fsp3) is 0.704. The van der Waals surface area contributed by atoms with Gasteiger partial charge >= 0.3 is 5.97 Å². The highest BCUT2D eigenvalue weighted by molar-refractivity contribution is 5.89. The van der Waals surface area contributed by atoms with Gasteiger partial charge < -0.3 is 14.4 Å². The number of benzene rings is 1. The highest BCUT2D eigenvalue weighted by Gasteiger charge is 2.56. The number of carbonyl (C=O) groups excluding carboxylic acids is 1. The molecular formula is C27H36N2O3. The Morgan fingerprint density at radius 1 is 1.16 bits per heavy atom. The maximum atomic E-state index is 11.7. The molecule has 0 spiro atoms. The van der Waals surface area contributed by atoms with Gasteiger partial charge in [0.05, 0.1) is 0 Å². The summed E-state index contributed by atoms with van der Waals surface area (Å²) < 4.78 is 12.0. The summed E-state index contributed by atoms with van der Waals surface area (Å²) in [7, 11) is 0. The van der Waals surface area contributed by atoms with E-state index in [9.17, 15) is 4.79 Å². The minimum atomic E-state index is -0.123. The van der Waals surface area contributed by atoms with E-state index in [2.05, 4.69) is 24.0 Å². The van der Waals surface area contributed by atoms with Crippen molar-refractivity contribution in [2.24, 2.45) is 22.2 Å². The van der Waals surface area contributed by atoms with Gasteiger partial charge in [0.2, 0.25) is 0 Å². The Morgan fingerprint density at radius 2 is 2.00 bits per heavy atom. The quantitative estimate of drug-likeness (QED) is 0.555. The van der Waals surface area contributed by atoms with Gasteiger partial charge in [0, 0.05) is 25.4 Å². The molecule has 5 aliphatic rings. The summed E-state index contributed by atoms with van der Waals surface area (Å²) in [6.45, 7) is 6.78. The molecule has 0 amide bonds. The van der Waals surface area contributed by atoms with Gasteiger partial charge in [0.1, 0.15) is 30.0 Å². The van der Waals surface area contributed by atoms with Crippen molar-refractivity contribution in [2.75, 3.05) is 19.7 Å². The molecule has 1 aromatic carbocycles. The SMILES string of the molecule is CC(=O)O[C@H]1CC[C@H]2[C@@H]3CCc4c(ccc5c4N=C(N4CCCCC4)CO5)[C@H]3CC[C@]12C. The number of esters is 1. The molecule has 3 fully saturated rings. The van der Waals surface area contributed by atoms with Gasteiger partial charge in [-0.05, 0) is 92.7 Å². The van der Waals surface area contributed by atoms with Crippen molar-refractivity contribution in [3.05, 3.63) is 23.3 Å². The predicted octanol–water partition coefficient (Wildman–Crippen LogP) is 5.38. The van der Waals surface area contributed by atoms with E-state index < -0.39 is 0 Å². The molecule has 5 atom stereocenters. The molecule has 2 aliphatic heterocycles. The summed E-state index contributed by atoms with van der Waals surface area (Å²) in [6, 6.07) is 4.52. The lowest BCUT2D eigenvalue weighted by molar-refractivity contribution is -0.154. The zero-order chi connectivity index (χ0) is 21.9. The summed E-state index contributed by atoms with van der Waals surface area (Å²) >= 11 is 0. The van der Waals surface area contributed by atoms with Crippen molar-refractivity contribution < 1.29 is 14.3 Å². The first-order valence-electron chi connectivity index (χ1n) is 12.8. The molecule has 32 heavy (non-hydrogen) atoms. The van der Waals surface area contributed by atoms with Crippen molar-refractivity contribution in [3.63, 3.8) is 0 Å². The van der Waals surface area contributed by atoms with Crippen LogP contribution in [0, 0.1) is 17.3 Å². The summed E-state index contributed by atoms with van der Waals surface area (Å²) in [4.78, 5) is 19.3. The number of amidine groups is 1. The van der Waals surface area contributed by atoms with Crippen molar-refractivity contribution in [2.45, 2.75) is 83.7 Å². The van der Waals surface area contributed by atoms with E-state index in [0.717, 1.165) is 49.6 Å². The van der Waals surface area contributed by atoms with E-state index in [1.54, 1.807) is 6.92 Å². The first-order valence-corrected chi connectivity index (χ1v) is 12.8. The molecule has 172 valence electrons. The lowest BCUT2D eigenvalue weighted by Gasteiger charge is -2.50. The third-order valence-electron chi connectivity index (χ3n) is 9.39. The molecule has 6 rings (SSSR count). The van der Waals surface area contributed by atoms with Crippen LogP contribution in [0.2, 0.25) is 0 Å². The second kappa shape index (κ2) is 7.78. The molecule has 0 bridgehead atoms. The van der Waals surface area contributed by atoms with Crippen LogP contribution < -0.4 is 4.74 Å². The van der Waals surface area contributed by atoms with Crippen molar-refractivity contribution in [1.29, 1.82) is 0 Å². The van der Waals surface area contributed by atoms with Gasteiger partial charge in [-0.25, -0.2) is 4.99 Å². The number of aliphatic imine (C=N–C) groups is 1. The van der Waals surface area contributed by atoms with E-state index >= 15 is 0 Å². The van der Waals surface area contributed by atoms with Gasteiger partial charge in [-0.1, -0.05) is 13.0 Å². The molecule has 0 unspecified atom stereocenters. The Kier molecular flexibility index (Phi) is 5.00. The normalized spacial score (nSPS) is 35.6. The first kappa shape index (κ1) is 20.6. The minimum Gasteiger partial charge on any atom is -0.483 e. The van der Waals surface area contributed by atoms with Crippen LogP contribution in [0.1, 0.15) is 82.3 Å². The zero-order valence-corrected chi connectivity index (χ0v) is 19.6. The van der Waals surface area contributed by atoms with Crippen LogP contribution in [0.25, 0.3) is 0 Å². The van der Waals surface area contributed by atoms with Gasteiger partial charge in [-0.3, -0.25) is 4.79 Å². The fourth-order valence-corrected chi connectivity index (χ4v) is 7.83. The Bertz CT molecular complexity index is 950. The van der Waals surface area contributed by atoms with Crippen LogP contribution in [0.3, 0.4) is 0 Å². The largest absolute Gasteiger partial charge is 0.483 e. The second-order valence-corrected chi connectivity index (χ2v) is 11.0. The van der Waals surface area contributed by atoms with E-state index in [-0.39, 0.29) is 17.5 Å². The fourth-order valence-electron chi connectivity index (χ4n) is 7.83. The standard InChI is InChI=1S/C27H36N2O3/c1-17(30)32-24-11-9-22-20-6-7-21-18(19(20)12-13-27(22,24)2)8-10-23-26(21)28-25(16-31-23)29-14-4-3-5-15-29/h8,10,19-20,22,24H,3-7,9,11-16H2,1-2H3/t19-,20-,22+,24+,27+/m1/s1. The number of rotatable bonds is 1. The van der Waals surface area contributed by atoms with Crippen molar-refractivity contribution in [1.82, 2.24) is 4.90 Å². The van der Waals surface area contributed by atoms with Crippen LogP contribution in [0.15, 0.2) is 17.1 Å². The van der Waals surface area contributed by atoms with Crippen molar-refractivity contribution in [3.8, 4) is 5.75 Å². The number of carbonyl (C=O) groups is 1. The highest BCUT2D eigenvalue weighted by Crippen LogP contribution is 2.62. The number of ether oxygens (including phenoxy) is 2. The topological polar surface area (TPSA) is 51.1 Å².